The highest BCUT2D eigenvalue weighted by Gasteiger charge is 2.26. The third kappa shape index (κ3) is 3.48. The van der Waals surface area contributed by atoms with E-state index in [0.717, 1.165) is 11.3 Å². The molecule has 0 saturated carbocycles. The number of hydrogen-bond donors (Lipinski definition) is 2. The van der Waals surface area contributed by atoms with Crippen LogP contribution in [0.1, 0.15) is 5.56 Å². The molecular weight excluding hydrogens is 382 g/mol. The summed E-state index contributed by atoms with van der Waals surface area (Å²) in [5, 5.41) is 2.99. The maximum atomic E-state index is 12.3. The number of methoxy groups -OCH3 is 1. The summed E-state index contributed by atoms with van der Waals surface area (Å²) in [5.74, 6) is 0.966. The van der Waals surface area contributed by atoms with E-state index in [1.165, 1.54) is 0 Å². The van der Waals surface area contributed by atoms with Crippen LogP contribution in [0.4, 0.5) is 5.69 Å². The van der Waals surface area contributed by atoms with Gasteiger partial charge in [0.05, 0.1) is 19.3 Å². The fourth-order valence-corrected chi connectivity index (χ4v) is 3.81. The summed E-state index contributed by atoms with van der Waals surface area (Å²) in [6, 6.07) is 12.4. The van der Waals surface area contributed by atoms with E-state index >= 15 is 0 Å². The molecule has 0 saturated heterocycles. The average Bonchev–Trinajstić information content (AvgIpc) is 2.54. The summed E-state index contributed by atoms with van der Waals surface area (Å²) in [4.78, 5) is 4.48. The minimum absolute atomic E-state index is 0.190. The molecule has 1 aliphatic rings. The Morgan fingerprint density at radius 2 is 1.91 bits per heavy atom. The molecule has 3 rings (SSSR count). The Labute approximate surface area is 142 Å². The van der Waals surface area contributed by atoms with Crippen LogP contribution in [0.25, 0.3) is 0 Å². The largest absolute Gasteiger partial charge is 0.497 e. The molecule has 2 N–H and O–H groups in total. The quantitative estimate of drug-likeness (QED) is 0.836. The van der Waals surface area contributed by atoms with E-state index in [0.29, 0.717) is 16.7 Å². The van der Waals surface area contributed by atoms with Gasteiger partial charge in [-0.1, -0.05) is 28.1 Å². The molecule has 2 aromatic carbocycles. The molecule has 0 fully saturated rings. The lowest BCUT2D eigenvalue weighted by Crippen LogP contribution is -2.40. The van der Waals surface area contributed by atoms with Gasteiger partial charge in [0.2, 0.25) is 5.96 Å². The zero-order valence-electron chi connectivity index (χ0n) is 12.2. The molecule has 6 nitrogen and oxygen atoms in total. The van der Waals surface area contributed by atoms with Crippen molar-refractivity contribution in [3.05, 3.63) is 52.5 Å². The SMILES string of the molecule is COc1ccc(CN=C2Nc3ccc(Br)cc3S(=O)(=O)N2)cc1. The Kier molecular flexibility index (Phi) is 4.27. The average molecular weight is 396 g/mol. The molecule has 0 unspecified atom stereocenters. The highest BCUT2D eigenvalue weighted by Crippen LogP contribution is 2.27. The smallest absolute Gasteiger partial charge is 0.266 e. The van der Waals surface area contributed by atoms with Gasteiger partial charge in [-0.15, -0.1) is 0 Å². The van der Waals surface area contributed by atoms with Crippen molar-refractivity contribution in [1.82, 2.24) is 4.72 Å². The molecule has 0 radical (unpaired) electrons. The number of ether oxygens (including phenoxy) is 1. The van der Waals surface area contributed by atoms with Gasteiger partial charge in [0, 0.05) is 4.47 Å². The van der Waals surface area contributed by atoms with Crippen molar-refractivity contribution in [3.63, 3.8) is 0 Å². The van der Waals surface area contributed by atoms with Crippen molar-refractivity contribution < 1.29 is 13.2 Å². The molecule has 0 aromatic heterocycles. The van der Waals surface area contributed by atoms with E-state index in [4.69, 9.17) is 4.74 Å². The second-order valence-electron chi connectivity index (χ2n) is 4.88. The highest BCUT2D eigenvalue weighted by molar-refractivity contribution is 9.10. The first-order valence-electron chi connectivity index (χ1n) is 6.75. The molecule has 0 amide bonds. The summed E-state index contributed by atoms with van der Waals surface area (Å²) in [7, 11) is -2.02. The first-order chi connectivity index (χ1) is 11.0. The van der Waals surface area contributed by atoms with Crippen LogP contribution in [0.3, 0.4) is 0 Å². The minimum Gasteiger partial charge on any atom is -0.497 e. The van der Waals surface area contributed by atoms with Crippen LogP contribution < -0.4 is 14.8 Å². The zero-order chi connectivity index (χ0) is 16.4. The lowest BCUT2D eigenvalue weighted by Gasteiger charge is -2.21. The van der Waals surface area contributed by atoms with Crippen molar-refractivity contribution in [2.45, 2.75) is 11.4 Å². The van der Waals surface area contributed by atoms with Crippen molar-refractivity contribution in [1.29, 1.82) is 0 Å². The van der Waals surface area contributed by atoms with E-state index in [-0.39, 0.29) is 10.9 Å². The fraction of sp³-hybridized carbons (Fsp3) is 0.133. The summed E-state index contributed by atoms with van der Waals surface area (Å²) in [6.07, 6.45) is 0. The number of fused-ring (bicyclic) bond motifs is 1. The second-order valence-corrected chi connectivity index (χ2v) is 7.45. The molecule has 0 spiro atoms. The maximum absolute atomic E-state index is 12.3. The Morgan fingerprint density at radius 1 is 1.17 bits per heavy atom. The van der Waals surface area contributed by atoms with Crippen LogP contribution in [-0.4, -0.2) is 21.5 Å². The summed E-state index contributed by atoms with van der Waals surface area (Å²) in [5.41, 5.74) is 1.45. The van der Waals surface area contributed by atoms with Gasteiger partial charge in [-0.3, -0.25) is 0 Å². The lowest BCUT2D eigenvalue weighted by atomic mass is 10.2. The standard InChI is InChI=1S/C15H14BrN3O3S/c1-22-12-5-2-10(3-6-12)9-17-15-18-13-7-4-11(16)8-14(13)23(20,21)19-15/h2-8H,9H2,1H3,(H2,17,18,19). The van der Waals surface area contributed by atoms with Crippen LogP contribution in [-0.2, 0) is 16.6 Å². The number of nitrogens with zero attached hydrogens (tertiary/aromatic N) is 1. The predicted octanol–water partition coefficient (Wildman–Crippen LogP) is 2.72. The third-order valence-electron chi connectivity index (χ3n) is 3.30. The van der Waals surface area contributed by atoms with Gasteiger partial charge in [0.25, 0.3) is 10.0 Å². The van der Waals surface area contributed by atoms with Crippen LogP contribution in [0.15, 0.2) is 56.8 Å². The van der Waals surface area contributed by atoms with Crippen molar-refractivity contribution in [2.24, 2.45) is 4.99 Å². The molecular formula is C15H14BrN3O3S. The van der Waals surface area contributed by atoms with Gasteiger partial charge in [-0.2, -0.15) is 0 Å². The van der Waals surface area contributed by atoms with Crippen molar-refractivity contribution in [2.75, 3.05) is 12.4 Å². The normalized spacial score (nSPS) is 17.0. The van der Waals surface area contributed by atoms with Gasteiger partial charge in [0.1, 0.15) is 10.6 Å². The number of halogens is 1. The molecule has 1 aliphatic heterocycles. The van der Waals surface area contributed by atoms with E-state index in [2.05, 4.69) is 31.0 Å². The van der Waals surface area contributed by atoms with E-state index in [1.807, 2.05) is 24.3 Å². The van der Waals surface area contributed by atoms with Crippen LogP contribution >= 0.6 is 15.9 Å². The van der Waals surface area contributed by atoms with Gasteiger partial charge < -0.3 is 10.1 Å². The maximum Gasteiger partial charge on any atom is 0.266 e. The van der Waals surface area contributed by atoms with Gasteiger partial charge in [-0.25, -0.2) is 18.1 Å². The first-order valence-corrected chi connectivity index (χ1v) is 9.02. The highest BCUT2D eigenvalue weighted by atomic mass is 79.9. The van der Waals surface area contributed by atoms with Gasteiger partial charge in [-0.05, 0) is 35.9 Å². The number of nitrogens with one attached hydrogen (secondary N) is 2. The zero-order valence-corrected chi connectivity index (χ0v) is 14.6. The van der Waals surface area contributed by atoms with Crippen molar-refractivity contribution in [3.8, 4) is 5.75 Å². The number of rotatable bonds is 3. The molecule has 23 heavy (non-hydrogen) atoms. The number of aliphatic imine (C=N–C) groups is 1. The van der Waals surface area contributed by atoms with Gasteiger partial charge in [0.15, 0.2) is 0 Å². The van der Waals surface area contributed by atoms with Crippen molar-refractivity contribution >= 4 is 37.6 Å². The molecule has 0 atom stereocenters. The van der Waals surface area contributed by atoms with Gasteiger partial charge >= 0.3 is 0 Å². The number of benzene rings is 2. The monoisotopic (exact) mass is 395 g/mol. The first kappa shape index (κ1) is 15.8. The summed E-state index contributed by atoms with van der Waals surface area (Å²) >= 11 is 3.27. The molecule has 8 heteroatoms. The Balaban J connectivity index is 1.83. The second kappa shape index (κ2) is 6.21. The third-order valence-corrected chi connectivity index (χ3v) is 5.17. The molecule has 120 valence electrons. The fourth-order valence-electron chi connectivity index (χ4n) is 2.13. The lowest BCUT2D eigenvalue weighted by molar-refractivity contribution is 0.414. The molecule has 2 aromatic rings. The minimum atomic E-state index is -3.62. The topological polar surface area (TPSA) is 79.8 Å². The predicted molar refractivity (Wildman–Crippen MR) is 92.2 cm³/mol. The van der Waals surface area contributed by atoms with Crippen LogP contribution in [0.2, 0.25) is 0 Å². The number of sulfonamides is 1. The Morgan fingerprint density at radius 3 is 2.61 bits per heavy atom. The molecule has 1 heterocycles. The van der Waals surface area contributed by atoms with Crippen LogP contribution in [0, 0.1) is 0 Å². The van der Waals surface area contributed by atoms with E-state index in [1.54, 1.807) is 25.3 Å². The van der Waals surface area contributed by atoms with E-state index in [9.17, 15) is 8.42 Å². The number of hydrogen-bond acceptors (Lipinski definition) is 4. The Bertz CT molecular complexity index is 864. The summed E-state index contributed by atoms with van der Waals surface area (Å²) < 4.78 is 32.7. The Hall–Kier alpha value is -2.06. The van der Waals surface area contributed by atoms with Crippen LogP contribution in [0.5, 0.6) is 5.75 Å². The summed E-state index contributed by atoms with van der Waals surface area (Å²) in [6.45, 7) is 0.348. The van der Waals surface area contributed by atoms with E-state index < -0.39 is 10.0 Å². The number of guanidine groups is 1. The molecule has 0 aliphatic carbocycles. The number of anilines is 1. The molecule has 0 bridgehead atoms.